The zero-order valence-electron chi connectivity index (χ0n) is 28.8. The van der Waals surface area contributed by atoms with E-state index >= 15 is 0 Å². The number of ether oxygens (including phenoxy) is 1. The minimum absolute atomic E-state index is 0.0831. The summed E-state index contributed by atoms with van der Waals surface area (Å²) < 4.78 is 6.24. The molecule has 1 aliphatic heterocycles. The van der Waals surface area contributed by atoms with Crippen LogP contribution in [0.5, 0.6) is 0 Å². The van der Waals surface area contributed by atoms with Gasteiger partial charge >= 0.3 is 0 Å². The summed E-state index contributed by atoms with van der Waals surface area (Å²) in [6.07, 6.45) is 30.3. The van der Waals surface area contributed by atoms with Crippen LogP contribution in [0.15, 0.2) is 107 Å². The molecule has 2 N–H and O–H groups in total. The minimum Gasteiger partial charge on any atom is -0.393 e. The van der Waals surface area contributed by atoms with Crippen molar-refractivity contribution in [2.24, 2.45) is 16.2 Å². The first kappa shape index (κ1) is 35.7. The molecule has 1 saturated heterocycles. The van der Waals surface area contributed by atoms with Crippen molar-refractivity contribution in [3.63, 3.8) is 0 Å². The molecule has 5 unspecified atom stereocenters. The summed E-state index contributed by atoms with van der Waals surface area (Å²) in [7, 11) is 0. The molecule has 44 heavy (non-hydrogen) atoms. The molecule has 240 valence electrons. The highest BCUT2D eigenvalue weighted by atomic mass is 16.6. The third-order valence-corrected chi connectivity index (χ3v) is 10.3. The summed E-state index contributed by atoms with van der Waals surface area (Å²) in [6.45, 7) is 20.8. The Labute approximate surface area is 267 Å². The van der Waals surface area contributed by atoms with Gasteiger partial charge in [-0.2, -0.15) is 0 Å². The molecule has 0 radical (unpaired) electrons. The van der Waals surface area contributed by atoms with Gasteiger partial charge in [-0.1, -0.05) is 130 Å². The van der Waals surface area contributed by atoms with Crippen LogP contribution in [0.1, 0.15) is 94.9 Å². The molecule has 4 heteroatoms. The topological polar surface area (TPSA) is 70.1 Å². The number of rotatable bonds is 11. The number of carbonyl (C=O) groups is 1. The van der Waals surface area contributed by atoms with Crippen molar-refractivity contribution in [1.29, 1.82) is 0 Å². The fourth-order valence-electron chi connectivity index (χ4n) is 7.12. The fourth-order valence-corrected chi connectivity index (χ4v) is 7.12. The number of aliphatic hydroxyl groups is 2. The van der Waals surface area contributed by atoms with E-state index in [0.717, 1.165) is 28.7 Å². The maximum Gasteiger partial charge on any atom is 0.162 e. The highest BCUT2D eigenvalue weighted by Crippen LogP contribution is 2.66. The van der Waals surface area contributed by atoms with E-state index in [9.17, 15) is 15.0 Å². The molecule has 0 aromatic carbocycles. The van der Waals surface area contributed by atoms with E-state index in [0.29, 0.717) is 19.3 Å². The van der Waals surface area contributed by atoms with Gasteiger partial charge in [0, 0.05) is 17.3 Å². The third-order valence-electron chi connectivity index (χ3n) is 10.3. The second kappa shape index (κ2) is 13.7. The van der Waals surface area contributed by atoms with Gasteiger partial charge in [-0.25, -0.2) is 0 Å². The molecule has 0 aromatic rings. The van der Waals surface area contributed by atoms with Gasteiger partial charge in [0.1, 0.15) is 11.2 Å². The second-order valence-electron chi connectivity index (χ2n) is 15.1. The Morgan fingerprint density at radius 3 is 1.55 bits per heavy atom. The van der Waals surface area contributed by atoms with Crippen LogP contribution >= 0.6 is 0 Å². The molecular weight excluding hydrogens is 544 g/mol. The molecule has 3 aliphatic rings. The molecule has 3 fully saturated rings. The fraction of sp³-hybridized carbons (Fsp3) is 0.525. The lowest BCUT2D eigenvalue weighted by molar-refractivity contribution is -0.127. The number of allylic oxidation sites excluding steroid dienone is 17. The monoisotopic (exact) mass is 600 g/mol. The van der Waals surface area contributed by atoms with E-state index in [1.807, 2.05) is 50.3 Å². The first-order chi connectivity index (χ1) is 20.4. The molecule has 2 saturated carbocycles. The normalized spacial score (nSPS) is 34.7. The molecule has 0 amide bonds. The number of fused-ring (bicyclic) bond motifs is 1. The van der Waals surface area contributed by atoms with E-state index in [-0.39, 0.29) is 33.9 Å². The van der Waals surface area contributed by atoms with Crippen LogP contribution in [0, 0.1) is 16.2 Å². The Morgan fingerprint density at radius 2 is 1.05 bits per heavy atom. The minimum atomic E-state index is -0.534. The number of epoxide rings is 1. The number of carbonyl (C=O) groups excluding carboxylic acids is 1. The van der Waals surface area contributed by atoms with Crippen molar-refractivity contribution in [3.05, 3.63) is 107 Å². The van der Waals surface area contributed by atoms with Gasteiger partial charge < -0.3 is 14.9 Å². The van der Waals surface area contributed by atoms with E-state index < -0.39 is 11.5 Å². The predicted molar refractivity (Wildman–Crippen MR) is 184 cm³/mol. The molecule has 3 rings (SSSR count). The summed E-state index contributed by atoms with van der Waals surface area (Å²) in [5, 5.41) is 20.4. The van der Waals surface area contributed by atoms with Gasteiger partial charge in [-0.05, 0) is 71.4 Å². The molecule has 1 heterocycles. The SMILES string of the molecule is CC(C=CC(=O)C1(C)CC(O)CC1(C)C)=CC=CC(C)=C/C=C/C=C(C)/C=C/C=C(C)/C=C/C12OC1(C)CC(O)CC2(C)C. The Balaban J connectivity index is 1.48. The summed E-state index contributed by atoms with van der Waals surface area (Å²) >= 11 is 0. The molecule has 0 spiro atoms. The van der Waals surface area contributed by atoms with Gasteiger partial charge in [-0.3, -0.25) is 4.79 Å². The number of aliphatic hydroxyl groups excluding tert-OH is 2. The van der Waals surface area contributed by atoms with Crippen LogP contribution in [-0.2, 0) is 9.53 Å². The third kappa shape index (κ3) is 8.07. The van der Waals surface area contributed by atoms with Crippen LogP contribution in [-0.4, -0.2) is 39.4 Å². The lowest BCUT2D eigenvalue weighted by Crippen LogP contribution is -2.46. The van der Waals surface area contributed by atoms with Gasteiger partial charge in [0.05, 0.1) is 12.2 Å². The van der Waals surface area contributed by atoms with Crippen molar-refractivity contribution in [1.82, 2.24) is 0 Å². The molecule has 0 bridgehead atoms. The van der Waals surface area contributed by atoms with Crippen molar-refractivity contribution < 1.29 is 19.7 Å². The average Bonchev–Trinajstić information content (AvgIpc) is 3.46. The van der Waals surface area contributed by atoms with Gasteiger partial charge in [-0.15, -0.1) is 0 Å². The Bertz CT molecular complexity index is 1360. The van der Waals surface area contributed by atoms with Crippen molar-refractivity contribution >= 4 is 5.78 Å². The van der Waals surface area contributed by atoms with Gasteiger partial charge in [0.2, 0.25) is 0 Å². The van der Waals surface area contributed by atoms with E-state index in [4.69, 9.17) is 4.74 Å². The summed E-state index contributed by atoms with van der Waals surface area (Å²) in [4.78, 5) is 12.9. The molecular formula is C40H56O4. The van der Waals surface area contributed by atoms with E-state index in [1.165, 1.54) is 0 Å². The van der Waals surface area contributed by atoms with Crippen LogP contribution in [0.3, 0.4) is 0 Å². The summed E-state index contributed by atoms with van der Waals surface area (Å²) in [6, 6.07) is 0. The number of ketones is 1. The van der Waals surface area contributed by atoms with Crippen LogP contribution < -0.4 is 0 Å². The largest absolute Gasteiger partial charge is 0.393 e. The highest BCUT2D eigenvalue weighted by molar-refractivity contribution is 5.95. The standard InChI is InChI=1S/C40H56O4/c1-29(17-13-19-31(3)21-22-35(43)38(9)27-33(41)25-36(38,5)6)15-11-12-16-30(2)18-14-20-32(4)23-24-40-37(7,8)26-34(42)28-39(40,10)44-40/h11-24,33-34,41-42H,25-28H2,1-10H3/b12-11+,17-13?,18-14+,22-21?,24-23+,29-15?,30-16+,31-19?,32-20+. The first-order valence-electron chi connectivity index (χ1n) is 16.1. The van der Waals surface area contributed by atoms with Crippen molar-refractivity contribution in [2.45, 2.75) is 118 Å². The van der Waals surface area contributed by atoms with Crippen LogP contribution in [0.2, 0.25) is 0 Å². The maximum absolute atomic E-state index is 12.9. The van der Waals surface area contributed by atoms with Gasteiger partial charge in [0.15, 0.2) is 5.78 Å². The lowest BCUT2D eigenvalue weighted by Gasteiger charge is -2.39. The summed E-state index contributed by atoms with van der Waals surface area (Å²) in [5.74, 6) is 0.0831. The number of hydrogen-bond acceptors (Lipinski definition) is 4. The predicted octanol–water partition coefficient (Wildman–Crippen LogP) is 9.02. The summed E-state index contributed by atoms with van der Waals surface area (Å²) in [5.41, 5.74) is 2.99. The molecule has 4 nitrogen and oxygen atoms in total. The Kier molecular flexibility index (Phi) is 11.1. The molecule has 5 atom stereocenters. The van der Waals surface area contributed by atoms with Crippen molar-refractivity contribution in [3.8, 4) is 0 Å². The maximum atomic E-state index is 12.9. The van der Waals surface area contributed by atoms with E-state index in [1.54, 1.807) is 6.08 Å². The Hall–Kier alpha value is -2.79. The van der Waals surface area contributed by atoms with Crippen LogP contribution in [0.25, 0.3) is 0 Å². The quantitative estimate of drug-likeness (QED) is 0.141. The van der Waals surface area contributed by atoms with E-state index in [2.05, 4.69) is 97.9 Å². The Morgan fingerprint density at radius 1 is 0.591 bits per heavy atom. The second-order valence-corrected chi connectivity index (χ2v) is 15.1. The lowest BCUT2D eigenvalue weighted by atomic mass is 9.63. The molecule has 0 aromatic heterocycles. The highest BCUT2D eigenvalue weighted by Gasteiger charge is 2.74. The van der Waals surface area contributed by atoms with Crippen LogP contribution in [0.4, 0.5) is 0 Å². The average molecular weight is 601 g/mol. The smallest absolute Gasteiger partial charge is 0.162 e. The van der Waals surface area contributed by atoms with Crippen molar-refractivity contribution in [2.75, 3.05) is 0 Å². The first-order valence-corrected chi connectivity index (χ1v) is 16.1. The zero-order valence-corrected chi connectivity index (χ0v) is 28.8. The molecule has 2 aliphatic carbocycles. The number of hydrogen-bond donors (Lipinski definition) is 2. The zero-order chi connectivity index (χ0) is 33.0. The van der Waals surface area contributed by atoms with Gasteiger partial charge in [0.25, 0.3) is 0 Å².